The van der Waals surface area contributed by atoms with Gasteiger partial charge in [0.05, 0.1) is 0 Å². The van der Waals surface area contributed by atoms with Gasteiger partial charge >= 0.3 is 0 Å². The SMILES string of the molecule is CCCOCCCc1ccc2ccccc2c1. The maximum atomic E-state index is 5.49. The van der Waals surface area contributed by atoms with Gasteiger partial charge in [0, 0.05) is 13.2 Å². The van der Waals surface area contributed by atoms with Gasteiger partial charge < -0.3 is 4.74 Å². The molecule has 2 aromatic rings. The van der Waals surface area contributed by atoms with Gasteiger partial charge in [-0.3, -0.25) is 0 Å². The van der Waals surface area contributed by atoms with E-state index in [0.717, 1.165) is 32.5 Å². The molecule has 0 saturated heterocycles. The number of fused-ring (bicyclic) bond motifs is 1. The summed E-state index contributed by atoms with van der Waals surface area (Å²) in [5.74, 6) is 0. The van der Waals surface area contributed by atoms with Crippen LogP contribution in [-0.2, 0) is 11.2 Å². The lowest BCUT2D eigenvalue weighted by molar-refractivity contribution is 0.132. The average molecular weight is 228 g/mol. The van der Waals surface area contributed by atoms with Crippen LogP contribution in [0.3, 0.4) is 0 Å². The third-order valence-corrected chi connectivity index (χ3v) is 2.92. The first-order valence-corrected chi connectivity index (χ1v) is 6.45. The molecule has 17 heavy (non-hydrogen) atoms. The molecule has 0 spiro atoms. The predicted octanol–water partition coefficient (Wildman–Crippen LogP) is 4.20. The zero-order valence-corrected chi connectivity index (χ0v) is 10.5. The normalized spacial score (nSPS) is 10.9. The Morgan fingerprint density at radius 1 is 0.941 bits per heavy atom. The summed E-state index contributed by atoms with van der Waals surface area (Å²) in [7, 11) is 0. The molecule has 0 fully saturated rings. The molecule has 0 radical (unpaired) electrons. The number of benzene rings is 2. The molecular weight excluding hydrogens is 208 g/mol. The van der Waals surface area contributed by atoms with Crippen LogP contribution in [0.25, 0.3) is 10.8 Å². The molecule has 0 heterocycles. The largest absolute Gasteiger partial charge is 0.381 e. The maximum Gasteiger partial charge on any atom is 0.0469 e. The average Bonchev–Trinajstić information content (AvgIpc) is 2.38. The molecule has 0 bridgehead atoms. The van der Waals surface area contributed by atoms with Gasteiger partial charge in [-0.25, -0.2) is 0 Å². The van der Waals surface area contributed by atoms with Crippen molar-refractivity contribution in [2.45, 2.75) is 26.2 Å². The first kappa shape index (κ1) is 12.1. The fourth-order valence-electron chi connectivity index (χ4n) is 2.02. The molecule has 2 rings (SSSR count). The smallest absolute Gasteiger partial charge is 0.0469 e. The Morgan fingerprint density at radius 2 is 1.76 bits per heavy atom. The zero-order valence-electron chi connectivity index (χ0n) is 10.5. The minimum Gasteiger partial charge on any atom is -0.381 e. The summed E-state index contributed by atoms with van der Waals surface area (Å²) >= 11 is 0. The highest BCUT2D eigenvalue weighted by atomic mass is 16.5. The Hall–Kier alpha value is -1.34. The Balaban J connectivity index is 1.90. The van der Waals surface area contributed by atoms with Crippen LogP contribution < -0.4 is 0 Å². The van der Waals surface area contributed by atoms with Crippen molar-refractivity contribution in [2.24, 2.45) is 0 Å². The minimum absolute atomic E-state index is 0.876. The van der Waals surface area contributed by atoms with Crippen LogP contribution in [-0.4, -0.2) is 13.2 Å². The number of hydrogen-bond donors (Lipinski definition) is 0. The summed E-state index contributed by atoms with van der Waals surface area (Å²) in [6, 6.07) is 15.2. The Kier molecular flexibility index (Phi) is 4.57. The molecule has 1 heteroatoms. The van der Waals surface area contributed by atoms with Crippen molar-refractivity contribution in [1.82, 2.24) is 0 Å². The highest BCUT2D eigenvalue weighted by Gasteiger charge is 1.96. The molecule has 90 valence electrons. The predicted molar refractivity (Wildman–Crippen MR) is 73.4 cm³/mol. The highest BCUT2D eigenvalue weighted by Crippen LogP contribution is 2.16. The summed E-state index contributed by atoms with van der Waals surface area (Å²) in [5.41, 5.74) is 1.41. The fraction of sp³-hybridized carbons (Fsp3) is 0.375. The van der Waals surface area contributed by atoms with Gasteiger partial charge in [0.15, 0.2) is 0 Å². The van der Waals surface area contributed by atoms with Crippen molar-refractivity contribution in [2.75, 3.05) is 13.2 Å². The molecule has 0 aliphatic carbocycles. The van der Waals surface area contributed by atoms with Crippen LogP contribution in [0, 0.1) is 0 Å². The topological polar surface area (TPSA) is 9.23 Å². The molecule has 0 saturated carbocycles. The lowest BCUT2D eigenvalue weighted by atomic mass is 10.0. The molecule has 0 N–H and O–H groups in total. The first-order valence-electron chi connectivity index (χ1n) is 6.45. The molecule has 0 aliphatic rings. The van der Waals surface area contributed by atoms with Gasteiger partial charge in [0.25, 0.3) is 0 Å². The Labute approximate surface area is 103 Å². The molecule has 1 nitrogen and oxygen atoms in total. The van der Waals surface area contributed by atoms with Crippen LogP contribution in [0.5, 0.6) is 0 Å². The third-order valence-electron chi connectivity index (χ3n) is 2.92. The van der Waals surface area contributed by atoms with Crippen LogP contribution >= 0.6 is 0 Å². The van der Waals surface area contributed by atoms with Crippen molar-refractivity contribution in [3.8, 4) is 0 Å². The lowest BCUT2D eigenvalue weighted by Gasteiger charge is -2.04. The third kappa shape index (κ3) is 3.57. The minimum atomic E-state index is 0.876. The van der Waals surface area contributed by atoms with E-state index in [1.807, 2.05) is 0 Å². The van der Waals surface area contributed by atoms with E-state index in [2.05, 4.69) is 49.4 Å². The maximum absolute atomic E-state index is 5.49. The van der Waals surface area contributed by atoms with Gasteiger partial charge in [-0.2, -0.15) is 0 Å². The summed E-state index contributed by atoms with van der Waals surface area (Å²) in [5, 5.41) is 2.65. The highest BCUT2D eigenvalue weighted by molar-refractivity contribution is 5.82. The van der Waals surface area contributed by atoms with E-state index in [0.29, 0.717) is 0 Å². The lowest BCUT2D eigenvalue weighted by Crippen LogP contribution is -1.97. The Bertz CT molecular complexity index is 462. The number of hydrogen-bond acceptors (Lipinski definition) is 1. The zero-order chi connectivity index (χ0) is 11.9. The summed E-state index contributed by atoms with van der Waals surface area (Å²) in [6.45, 7) is 3.90. The monoisotopic (exact) mass is 228 g/mol. The summed E-state index contributed by atoms with van der Waals surface area (Å²) in [4.78, 5) is 0. The van der Waals surface area contributed by atoms with E-state index in [-0.39, 0.29) is 0 Å². The van der Waals surface area contributed by atoms with Gasteiger partial charge in [-0.05, 0) is 35.6 Å². The molecular formula is C16H20O. The molecule has 0 aromatic heterocycles. The number of aryl methyl sites for hydroxylation is 1. The molecule has 0 atom stereocenters. The summed E-state index contributed by atoms with van der Waals surface area (Å²) in [6.07, 6.45) is 3.32. The van der Waals surface area contributed by atoms with Crippen molar-refractivity contribution in [3.05, 3.63) is 48.0 Å². The number of ether oxygens (including phenoxy) is 1. The van der Waals surface area contributed by atoms with Crippen LogP contribution in [0.4, 0.5) is 0 Å². The van der Waals surface area contributed by atoms with Crippen LogP contribution in [0.2, 0.25) is 0 Å². The second-order valence-corrected chi connectivity index (χ2v) is 4.40. The van der Waals surface area contributed by atoms with Crippen molar-refractivity contribution >= 4 is 10.8 Å². The van der Waals surface area contributed by atoms with Gasteiger partial charge in [-0.1, -0.05) is 49.4 Å². The molecule has 0 unspecified atom stereocenters. The van der Waals surface area contributed by atoms with E-state index in [4.69, 9.17) is 4.74 Å². The molecule has 2 aromatic carbocycles. The van der Waals surface area contributed by atoms with Crippen LogP contribution in [0.15, 0.2) is 42.5 Å². The van der Waals surface area contributed by atoms with E-state index >= 15 is 0 Å². The second-order valence-electron chi connectivity index (χ2n) is 4.40. The summed E-state index contributed by atoms with van der Waals surface area (Å²) < 4.78 is 5.49. The van der Waals surface area contributed by atoms with E-state index < -0.39 is 0 Å². The van der Waals surface area contributed by atoms with E-state index in [1.54, 1.807) is 0 Å². The Morgan fingerprint density at radius 3 is 2.59 bits per heavy atom. The van der Waals surface area contributed by atoms with E-state index in [9.17, 15) is 0 Å². The van der Waals surface area contributed by atoms with Crippen molar-refractivity contribution in [3.63, 3.8) is 0 Å². The molecule has 0 amide bonds. The van der Waals surface area contributed by atoms with Crippen molar-refractivity contribution < 1.29 is 4.74 Å². The van der Waals surface area contributed by atoms with Gasteiger partial charge in [0.2, 0.25) is 0 Å². The standard InChI is InChI=1S/C16H20O/c1-2-11-17-12-5-6-14-9-10-15-7-3-4-8-16(15)13-14/h3-4,7-10,13H,2,5-6,11-12H2,1H3. The second kappa shape index (κ2) is 6.41. The van der Waals surface area contributed by atoms with Crippen molar-refractivity contribution in [1.29, 1.82) is 0 Å². The fourth-order valence-corrected chi connectivity index (χ4v) is 2.02. The van der Waals surface area contributed by atoms with Crippen LogP contribution in [0.1, 0.15) is 25.3 Å². The number of rotatable bonds is 6. The molecule has 0 aliphatic heterocycles. The van der Waals surface area contributed by atoms with E-state index in [1.165, 1.54) is 16.3 Å². The van der Waals surface area contributed by atoms with Gasteiger partial charge in [-0.15, -0.1) is 0 Å². The van der Waals surface area contributed by atoms with Gasteiger partial charge in [0.1, 0.15) is 0 Å². The quantitative estimate of drug-likeness (QED) is 0.673. The first-order chi connectivity index (χ1) is 8.40.